The minimum atomic E-state index is -0.0196. The number of carbonyl (C=O) groups is 2. The Morgan fingerprint density at radius 1 is 1.25 bits per heavy atom. The Labute approximate surface area is 169 Å². The monoisotopic (exact) mass is 398 g/mol. The molecule has 0 bridgehead atoms. The highest BCUT2D eigenvalue weighted by atomic mass is 32.1. The van der Waals surface area contributed by atoms with Crippen molar-refractivity contribution in [2.75, 3.05) is 24.5 Å². The zero-order valence-electron chi connectivity index (χ0n) is 16.2. The SMILES string of the molecule is CC(CNC(=O)Cc1csc(N2CCCC2=O)n1)N1CCc2ccccc2C1. The summed E-state index contributed by atoms with van der Waals surface area (Å²) in [5.74, 6) is 0.108. The molecule has 0 saturated carbocycles. The highest BCUT2D eigenvalue weighted by molar-refractivity contribution is 7.14. The van der Waals surface area contributed by atoms with Crippen LogP contribution in [0.3, 0.4) is 0 Å². The highest BCUT2D eigenvalue weighted by Crippen LogP contribution is 2.25. The molecule has 1 atom stereocenters. The van der Waals surface area contributed by atoms with Crippen LogP contribution in [0, 0.1) is 0 Å². The number of rotatable bonds is 6. The van der Waals surface area contributed by atoms with Crippen molar-refractivity contribution in [3.63, 3.8) is 0 Å². The summed E-state index contributed by atoms with van der Waals surface area (Å²) < 4.78 is 0. The number of nitrogens with one attached hydrogen (secondary N) is 1. The molecule has 148 valence electrons. The number of thiazole rings is 1. The molecular formula is C21H26N4O2S. The van der Waals surface area contributed by atoms with Crippen molar-refractivity contribution in [3.8, 4) is 0 Å². The topological polar surface area (TPSA) is 65.5 Å². The number of carbonyl (C=O) groups excluding carboxylic acids is 2. The molecule has 0 aliphatic carbocycles. The van der Waals surface area contributed by atoms with Crippen LogP contribution in [-0.2, 0) is 29.0 Å². The first-order chi connectivity index (χ1) is 13.6. The maximum Gasteiger partial charge on any atom is 0.228 e. The molecule has 0 radical (unpaired) electrons. The lowest BCUT2D eigenvalue weighted by Gasteiger charge is -2.33. The van der Waals surface area contributed by atoms with E-state index in [9.17, 15) is 9.59 Å². The van der Waals surface area contributed by atoms with E-state index in [4.69, 9.17) is 0 Å². The molecule has 1 fully saturated rings. The Morgan fingerprint density at radius 3 is 2.86 bits per heavy atom. The van der Waals surface area contributed by atoms with E-state index in [0.717, 1.165) is 38.2 Å². The quantitative estimate of drug-likeness (QED) is 0.811. The van der Waals surface area contributed by atoms with E-state index in [1.807, 2.05) is 5.38 Å². The van der Waals surface area contributed by atoms with Crippen molar-refractivity contribution in [3.05, 3.63) is 46.5 Å². The number of benzene rings is 1. The van der Waals surface area contributed by atoms with Gasteiger partial charge in [0.15, 0.2) is 5.13 Å². The molecular weight excluding hydrogens is 372 g/mol. The van der Waals surface area contributed by atoms with Gasteiger partial charge in [-0.1, -0.05) is 24.3 Å². The van der Waals surface area contributed by atoms with E-state index in [2.05, 4.69) is 46.4 Å². The lowest BCUT2D eigenvalue weighted by Crippen LogP contribution is -2.44. The first-order valence-electron chi connectivity index (χ1n) is 9.92. The average molecular weight is 399 g/mol. The van der Waals surface area contributed by atoms with Gasteiger partial charge in [-0.3, -0.25) is 19.4 Å². The van der Waals surface area contributed by atoms with Crippen LogP contribution in [0.1, 0.15) is 36.6 Å². The highest BCUT2D eigenvalue weighted by Gasteiger charge is 2.25. The Kier molecular flexibility index (Phi) is 5.73. The molecule has 1 aromatic carbocycles. The third-order valence-corrected chi connectivity index (χ3v) is 6.48. The number of hydrogen-bond acceptors (Lipinski definition) is 5. The predicted molar refractivity (Wildman–Crippen MR) is 110 cm³/mol. The van der Waals surface area contributed by atoms with Gasteiger partial charge in [-0.2, -0.15) is 0 Å². The van der Waals surface area contributed by atoms with Crippen LogP contribution in [0.2, 0.25) is 0 Å². The van der Waals surface area contributed by atoms with E-state index in [0.29, 0.717) is 18.1 Å². The predicted octanol–water partition coefficient (Wildman–Crippen LogP) is 2.38. The molecule has 4 rings (SSSR count). The Morgan fingerprint density at radius 2 is 2.07 bits per heavy atom. The van der Waals surface area contributed by atoms with Crippen LogP contribution in [0.4, 0.5) is 5.13 Å². The van der Waals surface area contributed by atoms with Gasteiger partial charge >= 0.3 is 0 Å². The third-order valence-electron chi connectivity index (χ3n) is 5.56. The second kappa shape index (κ2) is 8.41. The normalized spacial score (nSPS) is 18.2. The van der Waals surface area contributed by atoms with E-state index in [-0.39, 0.29) is 24.3 Å². The molecule has 1 unspecified atom stereocenters. The molecule has 3 heterocycles. The summed E-state index contributed by atoms with van der Waals surface area (Å²) >= 11 is 1.44. The maximum atomic E-state index is 12.3. The zero-order valence-corrected chi connectivity index (χ0v) is 17.0. The standard InChI is InChI=1S/C21H26N4O2S/c1-15(24-10-8-16-5-2-3-6-17(16)13-24)12-22-19(26)11-18-14-28-21(23-18)25-9-4-7-20(25)27/h2-3,5-6,14-15H,4,7-13H2,1H3,(H,22,26). The van der Waals surface area contributed by atoms with Crippen LogP contribution in [-0.4, -0.2) is 47.4 Å². The van der Waals surface area contributed by atoms with Crippen molar-refractivity contribution in [2.24, 2.45) is 0 Å². The van der Waals surface area contributed by atoms with Crippen LogP contribution in [0.5, 0.6) is 0 Å². The summed E-state index contributed by atoms with van der Waals surface area (Å²) in [4.78, 5) is 32.8. The Hall–Kier alpha value is -2.25. The molecule has 2 aromatic rings. The smallest absolute Gasteiger partial charge is 0.228 e. The first-order valence-corrected chi connectivity index (χ1v) is 10.8. The van der Waals surface area contributed by atoms with Gasteiger partial charge in [0.25, 0.3) is 0 Å². The van der Waals surface area contributed by atoms with Gasteiger partial charge in [0, 0.05) is 44.0 Å². The fourth-order valence-electron chi connectivity index (χ4n) is 3.86. The van der Waals surface area contributed by atoms with Crippen molar-refractivity contribution < 1.29 is 9.59 Å². The molecule has 7 heteroatoms. The van der Waals surface area contributed by atoms with Gasteiger partial charge in [-0.15, -0.1) is 11.3 Å². The fraction of sp³-hybridized carbons (Fsp3) is 0.476. The van der Waals surface area contributed by atoms with Gasteiger partial charge in [0.1, 0.15) is 0 Å². The summed E-state index contributed by atoms with van der Waals surface area (Å²) in [6, 6.07) is 8.87. The summed E-state index contributed by atoms with van der Waals surface area (Å²) in [7, 11) is 0. The number of anilines is 1. The lowest BCUT2D eigenvalue weighted by molar-refractivity contribution is -0.120. The number of nitrogens with zero attached hydrogens (tertiary/aromatic N) is 3. The molecule has 2 aliphatic rings. The van der Waals surface area contributed by atoms with Crippen molar-refractivity contribution in [2.45, 2.75) is 45.2 Å². The van der Waals surface area contributed by atoms with Gasteiger partial charge in [0.05, 0.1) is 12.1 Å². The van der Waals surface area contributed by atoms with Crippen LogP contribution in [0.25, 0.3) is 0 Å². The number of amides is 2. The van der Waals surface area contributed by atoms with Crippen LogP contribution in [0.15, 0.2) is 29.6 Å². The lowest BCUT2D eigenvalue weighted by atomic mass is 9.99. The van der Waals surface area contributed by atoms with Crippen LogP contribution < -0.4 is 10.2 Å². The van der Waals surface area contributed by atoms with Gasteiger partial charge < -0.3 is 5.32 Å². The zero-order chi connectivity index (χ0) is 19.5. The molecule has 0 spiro atoms. The van der Waals surface area contributed by atoms with Crippen molar-refractivity contribution in [1.82, 2.24) is 15.2 Å². The minimum Gasteiger partial charge on any atom is -0.354 e. The number of fused-ring (bicyclic) bond motifs is 1. The van der Waals surface area contributed by atoms with E-state index < -0.39 is 0 Å². The van der Waals surface area contributed by atoms with E-state index >= 15 is 0 Å². The summed E-state index contributed by atoms with van der Waals surface area (Å²) in [5, 5.41) is 5.64. The minimum absolute atomic E-state index is 0.0196. The van der Waals surface area contributed by atoms with Crippen molar-refractivity contribution in [1.29, 1.82) is 0 Å². The fourth-order valence-corrected chi connectivity index (χ4v) is 4.73. The first kappa shape index (κ1) is 19.1. The second-order valence-corrected chi connectivity index (χ2v) is 8.43. The van der Waals surface area contributed by atoms with E-state index in [1.54, 1.807) is 4.90 Å². The second-order valence-electron chi connectivity index (χ2n) is 7.59. The molecule has 6 nitrogen and oxygen atoms in total. The Bertz CT molecular complexity index is 866. The summed E-state index contributed by atoms with van der Waals surface area (Å²) in [6.07, 6.45) is 2.79. The summed E-state index contributed by atoms with van der Waals surface area (Å²) in [6.45, 7) is 5.48. The molecule has 1 N–H and O–H groups in total. The van der Waals surface area contributed by atoms with E-state index in [1.165, 1.54) is 22.5 Å². The molecule has 1 aromatic heterocycles. The summed E-state index contributed by atoms with van der Waals surface area (Å²) in [5.41, 5.74) is 3.56. The van der Waals surface area contributed by atoms with Crippen LogP contribution >= 0.6 is 11.3 Å². The number of hydrogen-bond donors (Lipinski definition) is 1. The average Bonchev–Trinajstić information content (AvgIpc) is 3.34. The molecule has 28 heavy (non-hydrogen) atoms. The largest absolute Gasteiger partial charge is 0.354 e. The molecule has 2 amide bonds. The maximum absolute atomic E-state index is 12.3. The number of aromatic nitrogens is 1. The third kappa shape index (κ3) is 4.25. The van der Waals surface area contributed by atoms with Gasteiger partial charge in [-0.25, -0.2) is 4.98 Å². The van der Waals surface area contributed by atoms with Gasteiger partial charge in [0.2, 0.25) is 11.8 Å². The van der Waals surface area contributed by atoms with Gasteiger partial charge in [-0.05, 0) is 30.9 Å². The molecule has 1 saturated heterocycles. The Balaban J connectivity index is 1.26. The molecule has 2 aliphatic heterocycles. The van der Waals surface area contributed by atoms with Crippen molar-refractivity contribution >= 4 is 28.3 Å².